The van der Waals surface area contributed by atoms with E-state index < -0.39 is 41.5 Å². The van der Waals surface area contributed by atoms with Crippen molar-refractivity contribution in [1.82, 2.24) is 0 Å². The molecule has 0 aromatic heterocycles. The number of methoxy groups -OCH3 is 1. The van der Waals surface area contributed by atoms with Crippen LogP contribution in [0.15, 0.2) is 131 Å². The fourth-order valence-corrected chi connectivity index (χ4v) is 7.05. The maximum absolute atomic E-state index is 12.5. The highest BCUT2D eigenvalue weighted by Gasteiger charge is 2.23. The van der Waals surface area contributed by atoms with Gasteiger partial charge >= 0.3 is 0 Å². The van der Waals surface area contributed by atoms with E-state index in [0.29, 0.717) is 61.5 Å². The summed E-state index contributed by atoms with van der Waals surface area (Å²) in [6.07, 6.45) is 0. The van der Waals surface area contributed by atoms with Gasteiger partial charge in [-0.05, 0) is 135 Å². The minimum absolute atomic E-state index is 0.0676. The maximum atomic E-state index is 12.5. The number of nitrogens with one attached hydrogen (secondary N) is 1. The molecule has 4 N–H and O–H groups in total. The van der Waals surface area contributed by atoms with Crippen molar-refractivity contribution >= 4 is 76.5 Å². The van der Waals surface area contributed by atoms with Crippen LogP contribution in [0, 0.1) is 34.6 Å². The average molecular weight is 808 g/mol. The summed E-state index contributed by atoms with van der Waals surface area (Å²) in [5, 5.41) is 40.6. The van der Waals surface area contributed by atoms with Gasteiger partial charge in [0.25, 0.3) is 20.2 Å². The van der Waals surface area contributed by atoms with Crippen LogP contribution < -0.4 is 10.1 Å². The Bertz CT molecular complexity index is 2880. The molecule has 0 heterocycles. The van der Waals surface area contributed by atoms with E-state index in [1.807, 2.05) is 31.2 Å². The molecule has 0 fully saturated rings. The van der Waals surface area contributed by atoms with Crippen LogP contribution >= 0.6 is 0 Å². The zero-order chi connectivity index (χ0) is 41.2. The number of fused-ring (bicyclic) bond motifs is 1. The molecule has 15 nitrogen and oxygen atoms in total. The van der Waals surface area contributed by atoms with Crippen LogP contribution in [0.5, 0.6) is 11.5 Å². The van der Waals surface area contributed by atoms with E-state index in [1.54, 1.807) is 70.2 Å². The van der Waals surface area contributed by atoms with Gasteiger partial charge in [0.05, 0.1) is 29.9 Å². The van der Waals surface area contributed by atoms with Crippen LogP contribution in [-0.2, 0) is 20.2 Å². The molecule has 0 saturated heterocycles. The van der Waals surface area contributed by atoms with Crippen molar-refractivity contribution in [1.29, 1.82) is 0 Å². The molecule has 0 aliphatic carbocycles. The summed E-state index contributed by atoms with van der Waals surface area (Å²) >= 11 is 0. The Morgan fingerprint density at radius 3 is 1.49 bits per heavy atom. The first-order valence-corrected chi connectivity index (χ1v) is 20.0. The van der Waals surface area contributed by atoms with Crippen molar-refractivity contribution in [3.8, 4) is 11.5 Å². The number of phenolic OH excluding ortho intramolecular Hbond substituents is 1. The first-order chi connectivity index (χ1) is 26.9. The van der Waals surface area contributed by atoms with Gasteiger partial charge in [0.1, 0.15) is 26.9 Å². The molecule has 6 rings (SSSR count). The third-order valence-corrected chi connectivity index (χ3v) is 10.7. The zero-order valence-corrected chi connectivity index (χ0v) is 33.2. The molecule has 0 spiro atoms. The number of hydrogen-bond donors (Lipinski definition) is 4. The number of aryl methyl sites for hydroxylation is 5. The highest BCUT2D eigenvalue weighted by atomic mass is 32.2. The van der Waals surface area contributed by atoms with Gasteiger partial charge in [0.15, 0.2) is 5.75 Å². The summed E-state index contributed by atoms with van der Waals surface area (Å²) in [5.41, 5.74) is 6.58. The van der Waals surface area contributed by atoms with Crippen molar-refractivity contribution in [3.63, 3.8) is 0 Å². The van der Waals surface area contributed by atoms with Crippen LogP contribution in [-0.4, -0.2) is 38.2 Å². The van der Waals surface area contributed by atoms with E-state index in [1.165, 1.54) is 25.3 Å². The first kappa shape index (κ1) is 40.3. The molecule has 6 aromatic rings. The summed E-state index contributed by atoms with van der Waals surface area (Å²) in [5.74, 6) is -0.238. The smallest absolute Gasteiger partial charge is 0.296 e. The third-order valence-electron chi connectivity index (χ3n) is 8.93. The van der Waals surface area contributed by atoms with Crippen molar-refractivity contribution in [2.75, 3.05) is 12.4 Å². The Labute approximate surface area is 329 Å². The summed E-state index contributed by atoms with van der Waals surface area (Å²) in [4.78, 5) is -1.05. The topological polar surface area (TPSA) is 224 Å². The zero-order valence-electron chi connectivity index (χ0n) is 31.5. The SMILES string of the molecule is COc1ccc(N=Nc2cc(C)c(N=Nc3cc(C)c(N=Nc4c(S(=O)(=O)O)cc5cc(Nc6ccc(C)cc6)ccc5c4O)cc3C)cc2C)c(S(=O)(=O)O)c1. The molecule has 57 heavy (non-hydrogen) atoms. The molecule has 0 aliphatic heterocycles. The van der Waals surface area contributed by atoms with Gasteiger partial charge in [-0.15, -0.1) is 10.2 Å². The quantitative estimate of drug-likeness (QED) is 0.0720. The number of nitrogens with zero attached hydrogens (tertiary/aromatic N) is 6. The van der Waals surface area contributed by atoms with E-state index in [4.69, 9.17) is 4.74 Å². The van der Waals surface area contributed by atoms with Gasteiger partial charge in [-0.2, -0.15) is 37.3 Å². The second-order valence-electron chi connectivity index (χ2n) is 13.2. The lowest BCUT2D eigenvalue weighted by Crippen LogP contribution is -1.99. The molecule has 0 saturated carbocycles. The lowest BCUT2D eigenvalue weighted by molar-refractivity contribution is 0.412. The number of ether oxygens (including phenoxy) is 1. The van der Waals surface area contributed by atoms with Gasteiger partial charge in [-0.3, -0.25) is 9.11 Å². The average Bonchev–Trinajstić information content (AvgIpc) is 3.15. The molecule has 292 valence electrons. The lowest BCUT2D eigenvalue weighted by Gasteiger charge is -2.12. The Balaban J connectivity index is 1.25. The number of anilines is 2. The Morgan fingerprint density at radius 2 is 1.00 bits per heavy atom. The predicted octanol–water partition coefficient (Wildman–Crippen LogP) is 11.6. The van der Waals surface area contributed by atoms with E-state index in [2.05, 4.69) is 36.0 Å². The van der Waals surface area contributed by atoms with Crippen LogP contribution in [0.2, 0.25) is 0 Å². The highest BCUT2D eigenvalue weighted by molar-refractivity contribution is 7.86. The summed E-state index contributed by atoms with van der Waals surface area (Å²) in [6.45, 7) is 9.10. The first-order valence-electron chi connectivity index (χ1n) is 17.2. The summed E-state index contributed by atoms with van der Waals surface area (Å²) in [7, 11) is -8.06. The summed E-state index contributed by atoms with van der Waals surface area (Å²) < 4.78 is 73.7. The van der Waals surface area contributed by atoms with Crippen molar-refractivity contribution < 1.29 is 35.8 Å². The minimum Gasteiger partial charge on any atom is -0.505 e. The van der Waals surface area contributed by atoms with Crippen LogP contribution in [0.25, 0.3) is 10.8 Å². The van der Waals surface area contributed by atoms with E-state index in [-0.39, 0.29) is 11.4 Å². The number of hydrogen-bond acceptors (Lipinski definition) is 13. The second kappa shape index (κ2) is 16.0. The van der Waals surface area contributed by atoms with Crippen LogP contribution in [0.3, 0.4) is 0 Å². The molecule has 0 unspecified atom stereocenters. The van der Waals surface area contributed by atoms with Gasteiger partial charge in [0, 0.05) is 22.8 Å². The standard InChI is InChI=1S/C40H37N7O8S2/c1-22-7-9-28(10-8-22)41-29-11-13-31-27(19-29)20-38(57(52,53)54)39(40(31)48)47-46-36-18-25(4)35(17-26(36)5)45-44-34-16-23(2)33(15-24(34)3)43-42-32-14-12-30(55-6)21-37(32)56(49,50)51/h7-21,41,48H,1-6H3,(H,49,50,51)(H,52,53,54). The number of azo groups is 3. The number of benzene rings is 6. The largest absolute Gasteiger partial charge is 0.505 e. The molecule has 0 amide bonds. The number of rotatable bonds is 11. The molecule has 6 aromatic carbocycles. The molecular formula is C40H37N7O8S2. The van der Waals surface area contributed by atoms with Gasteiger partial charge in [-0.25, -0.2) is 0 Å². The highest BCUT2D eigenvalue weighted by Crippen LogP contribution is 2.43. The second-order valence-corrected chi connectivity index (χ2v) is 16.0. The fraction of sp³-hybridized carbons (Fsp3) is 0.150. The number of phenols is 1. The minimum atomic E-state index is -4.83. The summed E-state index contributed by atoms with van der Waals surface area (Å²) in [6, 6.07) is 24.9. The Kier molecular flexibility index (Phi) is 11.3. The number of aromatic hydroxyl groups is 1. The fourth-order valence-electron chi connectivity index (χ4n) is 5.76. The molecule has 17 heteroatoms. The predicted molar refractivity (Wildman–Crippen MR) is 217 cm³/mol. The van der Waals surface area contributed by atoms with Crippen molar-refractivity contribution in [2.24, 2.45) is 30.7 Å². The van der Waals surface area contributed by atoms with Crippen molar-refractivity contribution in [3.05, 3.63) is 119 Å². The van der Waals surface area contributed by atoms with Crippen LogP contribution in [0.1, 0.15) is 27.8 Å². The van der Waals surface area contributed by atoms with Gasteiger partial charge in [-0.1, -0.05) is 17.7 Å². The maximum Gasteiger partial charge on any atom is 0.296 e. The van der Waals surface area contributed by atoms with Crippen molar-refractivity contribution in [2.45, 2.75) is 44.4 Å². The molecule has 0 aliphatic rings. The van der Waals surface area contributed by atoms with Gasteiger partial charge in [0.2, 0.25) is 0 Å². The Hall–Kier alpha value is -6.40. The monoisotopic (exact) mass is 807 g/mol. The van der Waals surface area contributed by atoms with E-state index in [9.17, 15) is 31.0 Å². The molecule has 0 bridgehead atoms. The molecular weight excluding hydrogens is 771 g/mol. The molecule has 0 atom stereocenters. The Morgan fingerprint density at radius 1 is 0.526 bits per heavy atom. The van der Waals surface area contributed by atoms with E-state index >= 15 is 0 Å². The van der Waals surface area contributed by atoms with E-state index in [0.717, 1.165) is 17.3 Å². The van der Waals surface area contributed by atoms with Gasteiger partial charge < -0.3 is 15.2 Å². The van der Waals surface area contributed by atoms with Crippen LogP contribution in [0.4, 0.5) is 45.5 Å². The third kappa shape index (κ3) is 9.19. The molecule has 0 radical (unpaired) electrons. The normalized spacial score (nSPS) is 12.4. The lowest BCUT2D eigenvalue weighted by atomic mass is 10.1.